The average Bonchev–Trinajstić information content (AvgIpc) is 2.23. The predicted octanol–water partition coefficient (Wildman–Crippen LogP) is 0.947. The quantitative estimate of drug-likeness (QED) is 0.284. The van der Waals surface area contributed by atoms with Gasteiger partial charge < -0.3 is 0 Å². The summed E-state index contributed by atoms with van der Waals surface area (Å²) in [5, 5.41) is 0. The Labute approximate surface area is 84.6 Å². The fraction of sp³-hybridized carbons (Fsp3) is 0. The van der Waals surface area contributed by atoms with Crippen LogP contribution in [0.2, 0.25) is 0 Å². The van der Waals surface area contributed by atoms with E-state index in [4.69, 9.17) is 0 Å². The van der Waals surface area contributed by atoms with Crippen molar-refractivity contribution in [2.75, 3.05) is 0 Å². The molecule has 1 aromatic carbocycles. The van der Waals surface area contributed by atoms with Crippen LogP contribution >= 0.6 is 0 Å². The Morgan fingerprint density at radius 3 is 1.47 bits per heavy atom. The number of hydrogen-bond acceptors (Lipinski definition) is 0. The fourth-order valence-electron chi connectivity index (χ4n) is 1.10. The lowest BCUT2D eigenvalue weighted by Crippen LogP contribution is -2.06. The zero-order valence-electron chi connectivity index (χ0n) is 7.97. The Balaban J connectivity index is 3.67. The largest absolute Gasteiger partial charge is 0.203 e. The number of benzene rings is 1. The second-order valence-corrected chi connectivity index (χ2v) is 2.92. The zero-order valence-corrected chi connectivity index (χ0v) is 7.97. The van der Waals surface area contributed by atoms with E-state index in [1.807, 2.05) is 0 Å². The maximum atomic E-state index is 13.1. The number of halogens is 5. The average molecular weight is 218 g/mol. The van der Waals surface area contributed by atoms with E-state index in [0.717, 1.165) is 0 Å². The van der Waals surface area contributed by atoms with Gasteiger partial charge in [-0.25, -0.2) is 22.0 Å². The Bertz CT molecular complexity index is 412. The van der Waals surface area contributed by atoms with E-state index in [-0.39, 0.29) is 5.47 Å². The Morgan fingerprint density at radius 2 is 1.13 bits per heavy atom. The molecule has 0 saturated heterocycles. The van der Waals surface area contributed by atoms with Crippen LogP contribution in [0.1, 0.15) is 5.56 Å². The van der Waals surface area contributed by atoms with E-state index in [2.05, 4.69) is 0 Å². The first-order chi connectivity index (χ1) is 6.91. The molecule has 78 valence electrons. The Kier molecular flexibility index (Phi) is 3.21. The second-order valence-electron chi connectivity index (χ2n) is 2.92. The van der Waals surface area contributed by atoms with E-state index < -0.39 is 34.6 Å². The molecule has 15 heavy (non-hydrogen) atoms. The summed E-state index contributed by atoms with van der Waals surface area (Å²) in [6, 6.07) is 0. The van der Waals surface area contributed by atoms with Crippen molar-refractivity contribution >= 4 is 21.2 Å². The molecule has 1 rings (SSSR count). The van der Waals surface area contributed by atoms with Crippen LogP contribution in [0.4, 0.5) is 22.0 Å². The lowest BCUT2D eigenvalue weighted by atomic mass is 9.83. The van der Waals surface area contributed by atoms with Gasteiger partial charge in [0.2, 0.25) is 5.82 Å². The maximum Gasteiger partial charge on any atom is 0.200 e. The fourth-order valence-corrected chi connectivity index (χ4v) is 1.10. The van der Waals surface area contributed by atoms with Crippen LogP contribution in [0.5, 0.6) is 0 Å². The lowest BCUT2D eigenvalue weighted by molar-refractivity contribution is 0.376. The van der Waals surface area contributed by atoms with Gasteiger partial charge in [0.05, 0.1) is 0 Å². The van der Waals surface area contributed by atoms with Gasteiger partial charge in [-0.3, -0.25) is 0 Å². The molecule has 0 aliphatic rings. The molecule has 0 atom stereocenters. The van der Waals surface area contributed by atoms with E-state index in [1.54, 1.807) is 0 Å². The van der Waals surface area contributed by atoms with E-state index in [9.17, 15) is 22.0 Å². The van der Waals surface area contributed by atoms with E-state index in [1.165, 1.54) is 21.7 Å². The third kappa shape index (κ3) is 1.78. The smallest absolute Gasteiger partial charge is 0.200 e. The van der Waals surface area contributed by atoms with Crippen molar-refractivity contribution in [3.8, 4) is 0 Å². The van der Waals surface area contributed by atoms with Crippen molar-refractivity contribution < 1.29 is 22.0 Å². The van der Waals surface area contributed by atoms with Crippen molar-refractivity contribution in [3.05, 3.63) is 40.6 Å². The van der Waals surface area contributed by atoms with Crippen LogP contribution < -0.4 is 0 Å². The molecule has 0 aliphatic carbocycles. The molecule has 0 aromatic heterocycles. The van der Waals surface area contributed by atoms with Gasteiger partial charge in [0.25, 0.3) is 0 Å². The zero-order chi connectivity index (χ0) is 11.7. The predicted molar refractivity (Wildman–Crippen MR) is 51.3 cm³/mol. The molecule has 0 unspecified atom stereocenters. The van der Waals surface area contributed by atoms with Crippen molar-refractivity contribution in [1.29, 1.82) is 0 Å². The second kappa shape index (κ2) is 4.08. The molecule has 0 saturated carbocycles. The van der Waals surface area contributed by atoms with Crippen LogP contribution in [-0.2, 0) is 0 Å². The molecule has 1 aromatic rings. The minimum absolute atomic E-state index is 0.0113. The summed E-state index contributed by atoms with van der Waals surface area (Å²) in [6.07, 6.45) is 0. The van der Waals surface area contributed by atoms with Gasteiger partial charge in [0, 0.05) is 5.56 Å². The van der Waals surface area contributed by atoms with Crippen molar-refractivity contribution in [2.24, 2.45) is 0 Å². The first-order valence-electron chi connectivity index (χ1n) is 4.06. The molecule has 7 heteroatoms. The Morgan fingerprint density at radius 1 is 0.800 bits per heavy atom. The highest BCUT2D eigenvalue weighted by Gasteiger charge is 2.25. The molecule has 0 radical (unpaired) electrons. The SMILES string of the molecule is B/C=C(\B)c1c(F)c(F)c(F)c(F)c1F. The van der Waals surface area contributed by atoms with E-state index >= 15 is 0 Å². The van der Waals surface area contributed by atoms with Gasteiger partial charge in [-0.15, -0.1) is 5.98 Å². The van der Waals surface area contributed by atoms with Crippen molar-refractivity contribution in [3.63, 3.8) is 0 Å². The summed E-state index contributed by atoms with van der Waals surface area (Å²) in [5.41, 5.74) is -0.892. The third-order valence-corrected chi connectivity index (χ3v) is 2.04. The van der Waals surface area contributed by atoms with Gasteiger partial charge in [0.15, 0.2) is 23.3 Å². The van der Waals surface area contributed by atoms with Crippen molar-refractivity contribution in [1.82, 2.24) is 0 Å². The first kappa shape index (κ1) is 11.8. The van der Waals surface area contributed by atoms with Crippen molar-refractivity contribution in [2.45, 2.75) is 0 Å². The van der Waals surface area contributed by atoms with Gasteiger partial charge in [-0.2, -0.15) is 0 Å². The summed E-state index contributed by atoms with van der Waals surface area (Å²) >= 11 is 0. The monoisotopic (exact) mass is 218 g/mol. The normalized spacial score (nSPS) is 11.9. The first-order valence-corrected chi connectivity index (χ1v) is 4.06. The maximum absolute atomic E-state index is 13.1. The van der Waals surface area contributed by atoms with Crippen LogP contribution in [-0.4, -0.2) is 15.7 Å². The minimum atomic E-state index is -2.14. The van der Waals surface area contributed by atoms with Crippen LogP contribution in [0.25, 0.3) is 5.47 Å². The molecule has 0 bridgehead atoms. The molecule has 0 aliphatic heterocycles. The standard InChI is InChI=1S/C8H5B2F5/c9-1-2(10)3-4(11)6(13)8(15)7(14)5(3)12/h1H,9-10H2/b2-1-. The van der Waals surface area contributed by atoms with Gasteiger partial charge in [0.1, 0.15) is 15.7 Å². The lowest BCUT2D eigenvalue weighted by Gasteiger charge is -2.08. The number of rotatable bonds is 1. The third-order valence-electron chi connectivity index (χ3n) is 2.04. The highest BCUT2D eigenvalue weighted by molar-refractivity contribution is 6.46. The molecule has 0 N–H and O–H groups in total. The molecular formula is C8H5B2F5. The summed E-state index contributed by atoms with van der Waals surface area (Å²) in [4.78, 5) is 0. The molecule has 0 heterocycles. The molecule has 0 amide bonds. The van der Waals surface area contributed by atoms with Gasteiger partial charge in [-0.05, 0) is 0 Å². The summed E-state index contributed by atoms with van der Waals surface area (Å²) in [6.45, 7) is 0. The molecule has 0 spiro atoms. The summed E-state index contributed by atoms with van der Waals surface area (Å²) < 4.78 is 64.2. The molecule has 0 nitrogen and oxygen atoms in total. The minimum Gasteiger partial charge on any atom is -0.203 e. The number of hydrogen-bond donors (Lipinski definition) is 0. The Hall–Kier alpha value is -1.26. The van der Waals surface area contributed by atoms with Gasteiger partial charge in [-0.1, -0.05) is 5.47 Å². The van der Waals surface area contributed by atoms with Crippen LogP contribution in [0.3, 0.4) is 0 Å². The summed E-state index contributed by atoms with van der Waals surface area (Å²) in [7, 11) is 2.70. The van der Waals surface area contributed by atoms with Crippen LogP contribution in [0, 0.1) is 29.1 Å². The molecular weight excluding hydrogens is 213 g/mol. The van der Waals surface area contributed by atoms with Gasteiger partial charge >= 0.3 is 0 Å². The van der Waals surface area contributed by atoms with E-state index in [0.29, 0.717) is 0 Å². The highest BCUT2D eigenvalue weighted by Crippen LogP contribution is 2.26. The topological polar surface area (TPSA) is 0 Å². The summed E-state index contributed by atoms with van der Waals surface area (Å²) in [5.74, 6) is -8.34. The van der Waals surface area contributed by atoms with Crippen LogP contribution in [0.15, 0.2) is 5.98 Å². The molecule has 0 fully saturated rings. The highest BCUT2D eigenvalue weighted by atomic mass is 19.2.